The van der Waals surface area contributed by atoms with E-state index in [9.17, 15) is 14.4 Å². The van der Waals surface area contributed by atoms with Gasteiger partial charge in [0.05, 0.1) is 37.7 Å². The molecule has 0 radical (unpaired) electrons. The number of methoxy groups -OCH3 is 3. The summed E-state index contributed by atoms with van der Waals surface area (Å²) in [5.74, 6) is -0.189. The second-order valence-corrected chi connectivity index (χ2v) is 7.57. The molecule has 1 aliphatic heterocycles. The molecule has 9 nitrogen and oxygen atoms in total. The fourth-order valence-corrected chi connectivity index (χ4v) is 3.59. The number of amides is 2. The van der Waals surface area contributed by atoms with Crippen LogP contribution < -0.4 is 14.8 Å². The highest BCUT2D eigenvalue weighted by Gasteiger charge is 2.36. The molecule has 0 fully saturated rings. The normalized spacial score (nSPS) is 14.3. The van der Waals surface area contributed by atoms with E-state index >= 15 is 0 Å². The second-order valence-electron chi connectivity index (χ2n) is 7.57. The van der Waals surface area contributed by atoms with Crippen LogP contribution in [-0.4, -0.2) is 63.8 Å². The van der Waals surface area contributed by atoms with Gasteiger partial charge in [-0.25, -0.2) is 4.79 Å². The molecule has 2 aromatic carbocycles. The summed E-state index contributed by atoms with van der Waals surface area (Å²) in [6.07, 6.45) is 1.63. The van der Waals surface area contributed by atoms with Crippen LogP contribution in [0.15, 0.2) is 65.4 Å². The number of esters is 1. The molecule has 35 heavy (non-hydrogen) atoms. The maximum absolute atomic E-state index is 13.0. The molecule has 1 N–H and O–H groups in total. The van der Waals surface area contributed by atoms with Crippen LogP contribution in [0, 0.1) is 0 Å². The van der Waals surface area contributed by atoms with Crippen molar-refractivity contribution in [2.75, 3.05) is 46.4 Å². The van der Waals surface area contributed by atoms with Crippen LogP contribution in [0.25, 0.3) is 6.08 Å². The van der Waals surface area contributed by atoms with Gasteiger partial charge >= 0.3 is 5.97 Å². The van der Waals surface area contributed by atoms with Crippen LogP contribution in [0.1, 0.15) is 12.5 Å². The van der Waals surface area contributed by atoms with Crippen LogP contribution >= 0.6 is 0 Å². The highest BCUT2D eigenvalue weighted by atomic mass is 16.5. The van der Waals surface area contributed by atoms with Gasteiger partial charge in [-0.05, 0) is 42.8 Å². The Kier molecular flexibility index (Phi) is 8.63. The van der Waals surface area contributed by atoms with Gasteiger partial charge in [-0.3, -0.25) is 9.59 Å². The standard InChI is InChI=1S/C26H28N2O7/c1-17-24(26(31)34-4)20(25(30)28(17)13-14-32-2)15-18-9-11-19(12-10-18)35-16-23(29)27-21-7-5-6-8-22(21)33-3/h5-12,15H,13-14,16H2,1-4H3,(H,27,29)/b20-15+. The Morgan fingerprint density at radius 1 is 1.03 bits per heavy atom. The number of ether oxygens (including phenoxy) is 4. The lowest BCUT2D eigenvalue weighted by Gasteiger charge is -2.16. The average Bonchev–Trinajstić information content (AvgIpc) is 3.10. The Bertz CT molecular complexity index is 1150. The van der Waals surface area contributed by atoms with Crippen molar-refractivity contribution in [3.05, 3.63) is 70.9 Å². The Balaban J connectivity index is 1.69. The molecule has 1 aliphatic rings. The minimum absolute atomic E-state index is 0.195. The summed E-state index contributed by atoms with van der Waals surface area (Å²) < 4.78 is 20.8. The van der Waals surface area contributed by atoms with Gasteiger partial charge in [0, 0.05) is 19.4 Å². The lowest BCUT2D eigenvalue weighted by molar-refractivity contribution is -0.136. The van der Waals surface area contributed by atoms with E-state index in [1.165, 1.54) is 19.1 Å². The second kappa shape index (κ2) is 11.8. The smallest absolute Gasteiger partial charge is 0.340 e. The molecule has 0 saturated heterocycles. The topological polar surface area (TPSA) is 103 Å². The van der Waals surface area contributed by atoms with E-state index in [1.807, 2.05) is 6.07 Å². The van der Waals surface area contributed by atoms with Crippen molar-refractivity contribution in [3.8, 4) is 11.5 Å². The summed E-state index contributed by atoms with van der Waals surface area (Å²) in [6, 6.07) is 13.9. The number of rotatable bonds is 10. The minimum Gasteiger partial charge on any atom is -0.495 e. The van der Waals surface area contributed by atoms with Crippen molar-refractivity contribution >= 4 is 29.5 Å². The minimum atomic E-state index is -0.581. The zero-order chi connectivity index (χ0) is 25.4. The van der Waals surface area contributed by atoms with E-state index in [0.29, 0.717) is 41.6 Å². The highest BCUT2D eigenvalue weighted by molar-refractivity contribution is 6.16. The molecular formula is C26H28N2O7. The number of nitrogens with one attached hydrogen (secondary N) is 1. The molecule has 3 rings (SSSR count). The Labute approximate surface area is 203 Å². The number of carbonyl (C=O) groups is 3. The van der Waals surface area contributed by atoms with E-state index in [2.05, 4.69) is 5.32 Å². The van der Waals surface area contributed by atoms with Gasteiger partial charge in [-0.2, -0.15) is 0 Å². The molecule has 0 spiro atoms. The summed E-state index contributed by atoms with van der Waals surface area (Å²) in [4.78, 5) is 39.1. The number of para-hydroxylation sites is 2. The van der Waals surface area contributed by atoms with Gasteiger partial charge < -0.3 is 29.2 Å². The van der Waals surface area contributed by atoms with Gasteiger partial charge in [0.2, 0.25) is 0 Å². The van der Waals surface area contributed by atoms with Crippen molar-refractivity contribution in [2.24, 2.45) is 0 Å². The number of benzene rings is 2. The van der Waals surface area contributed by atoms with E-state index in [1.54, 1.807) is 62.6 Å². The number of hydrogen-bond donors (Lipinski definition) is 1. The monoisotopic (exact) mass is 480 g/mol. The third-order valence-corrected chi connectivity index (χ3v) is 5.36. The SMILES string of the molecule is COCCN1C(=O)/C(=C/c2ccc(OCC(=O)Nc3ccccc3OC)cc2)C(C(=O)OC)=C1C. The Morgan fingerprint density at radius 3 is 2.40 bits per heavy atom. The van der Waals surface area contributed by atoms with Crippen molar-refractivity contribution in [2.45, 2.75) is 6.92 Å². The third-order valence-electron chi connectivity index (χ3n) is 5.36. The number of anilines is 1. The molecule has 0 bridgehead atoms. The van der Waals surface area contributed by atoms with E-state index in [0.717, 1.165) is 0 Å². The summed E-state index contributed by atoms with van der Waals surface area (Å²) in [6.45, 7) is 2.16. The summed E-state index contributed by atoms with van der Waals surface area (Å²) in [7, 11) is 4.35. The Hall–Kier alpha value is -4.11. The first-order valence-corrected chi connectivity index (χ1v) is 10.9. The number of allylic oxidation sites excluding steroid dienone is 1. The molecule has 2 aromatic rings. The zero-order valence-electron chi connectivity index (χ0n) is 20.1. The summed E-state index contributed by atoms with van der Waals surface area (Å²) >= 11 is 0. The molecule has 1 heterocycles. The van der Waals surface area contributed by atoms with E-state index < -0.39 is 5.97 Å². The molecule has 184 valence electrons. The quantitative estimate of drug-likeness (QED) is 0.412. The van der Waals surface area contributed by atoms with Crippen LogP contribution in [0.2, 0.25) is 0 Å². The average molecular weight is 481 g/mol. The Morgan fingerprint density at radius 2 is 1.74 bits per heavy atom. The van der Waals surface area contributed by atoms with E-state index in [4.69, 9.17) is 18.9 Å². The van der Waals surface area contributed by atoms with Gasteiger partial charge in [-0.15, -0.1) is 0 Å². The molecule has 9 heteroatoms. The van der Waals surface area contributed by atoms with Crippen molar-refractivity contribution in [1.82, 2.24) is 4.90 Å². The van der Waals surface area contributed by atoms with Gasteiger partial charge in [-0.1, -0.05) is 24.3 Å². The summed E-state index contributed by atoms with van der Waals surface area (Å²) in [5.41, 5.74) is 2.22. The largest absolute Gasteiger partial charge is 0.495 e. The maximum atomic E-state index is 13.0. The zero-order valence-corrected chi connectivity index (χ0v) is 20.1. The van der Waals surface area contributed by atoms with Crippen LogP contribution in [-0.2, 0) is 23.9 Å². The molecule has 0 aliphatic carbocycles. The summed E-state index contributed by atoms with van der Waals surface area (Å²) in [5, 5.41) is 2.74. The molecule has 0 atom stereocenters. The lowest BCUT2D eigenvalue weighted by atomic mass is 10.0. The van der Waals surface area contributed by atoms with Gasteiger partial charge in [0.25, 0.3) is 11.8 Å². The molecule has 0 saturated carbocycles. The van der Waals surface area contributed by atoms with Gasteiger partial charge in [0.1, 0.15) is 11.5 Å². The maximum Gasteiger partial charge on any atom is 0.340 e. The fourth-order valence-electron chi connectivity index (χ4n) is 3.59. The van der Waals surface area contributed by atoms with Crippen LogP contribution in [0.5, 0.6) is 11.5 Å². The van der Waals surface area contributed by atoms with Crippen molar-refractivity contribution in [3.63, 3.8) is 0 Å². The van der Waals surface area contributed by atoms with E-state index in [-0.39, 0.29) is 29.6 Å². The predicted octanol–water partition coefficient (Wildman–Crippen LogP) is 3.03. The first kappa shape index (κ1) is 25.5. The van der Waals surface area contributed by atoms with Crippen molar-refractivity contribution in [1.29, 1.82) is 0 Å². The first-order valence-electron chi connectivity index (χ1n) is 10.9. The van der Waals surface area contributed by atoms with Gasteiger partial charge in [0.15, 0.2) is 6.61 Å². The molecule has 0 unspecified atom stereocenters. The first-order chi connectivity index (χ1) is 16.9. The molecule has 2 amide bonds. The highest BCUT2D eigenvalue weighted by Crippen LogP contribution is 2.31. The number of hydrogen-bond acceptors (Lipinski definition) is 7. The predicted molar refractivity (Wildman–Crippen MR) is 130 cm³/mol. The number of carbonyl (C=O) groups excluding carboxylic acids is 3. The van der Waals surface area contributed by atoms with Crippen molar-refractivity contribution < 1.29 is 33.3 Å². The third kappa shape index (κ3) is 6.07. The number of nitrogens with zero attached hydrogens (tertiary/aromatic N) is 1. The van der Waals surface area contributed by atoms with Crippen LogP contribution in [0.4, 0.5) is 5.69 Å². The van der Waals surface area contributed by atoms with Crippen LogP contribution in [0.3, 0.4) is 0 Å². The molecule has 0 aromatic heterocycles. The lowest BCUT2D eigenvalue weighted by Crippen LogP contribution is -2.28. The fraction of sp³-hybridized carbons (Fsp3) is 0.269. The molecular weight excluding hydrogens is 452 g/mol.